The molecule has 0 spiro atoms. The monoisotopic (exact) mass is 352 g/mol. The SMILES string of the molecule is CN=C(NCCN(C(C)C)C(C)C)NCc1ccc(F)c(COC)c1. The van der Waals surface area contributed by atoms with Crippen molar-refractivity contribution in [1.82, 2.24) is 15.5 Å². The third kappa shape index (κ3) is 7.40. The van der Waals surface area contributed by atoms with Crippen LogP contribution in [0.3, 0.4) is 0 Å². The topological polar surface area (TPSA) is 48.9 Å². The fourth-order valence-electron chi connectivity index (χ4n) is 2.83. The molecule has 142 valence electrons. The molecule has 0 aromatic heterocycles. The van der Waals surface area contributed by atoms with E-state index in [2.05, 4.69) is 48.2 Å². The molecule has 0 unspecified atom stereocenters. The largest absolute Gasteiger partial charge is 0.380 e. The normalized spacial score (nSPS) is 12.3. The van der Waals surface area contributed by atoms with E-state index in [0.29, 0.717) is 24.2 Å². The van der Waals surface area contributed by atoms with E-state index in [0.717, 1.165) is 24.6 Å². The Balaban J connectivity index is 2.51. The van der Waals surface area contributed by atoms with E-state index in [-0.39, 0.29) is 12.4 Å². The van der Waals surface area contributed by atoms with Gasteiger partial charge in [0.05, 0.1) is 6.61 Å². The Kier molecular flexibility index (Phi) is 9.45. The summed E-state index contributed by atoms with van der Waals surface area (Å²) in [6.45, 7) is 11.4. The number of hydrogen-bond donors (Lipinski definition) is 2. The zero-order valence-electron chi connectivity index (χ0n) is 16.4. The molecule has 2 N–H and O–H groups in total. The molecular weight excluding hydrogens is 319 g/mol. The number of methoxy groups -OCH3 is 1. The van der Waals surface area contributed by atoms with Gasteiger partial charge in [-0.25, -0.2) is 4.39 Å². The summed E-state index contributed by atoms with van der Waals surface area (Å²) in [4.78, 5) is 6.67. The van der Waals surface area contributed by atoms with Gasteiger partial charge in [-0.05, 0) is 45.4 Å². The Bertz CT molecular complexity index is 538. The molecule has 6 heteroatoms. The lowest BCUT2D eigenvalue weighted by atomic mass is 10.1. The lowest BCUT2D eigenvalue weighted by Crippen LogP contribution is -2.45. The Morgan fingerprint density at radius 1 is 1.20 bits per heavy atom. The highest BCUT2D eigenvalue weighted by atomic mass is 19.1. The number of aliphatic imine (C=N–C) groups is 1. The van der Waals surface area contributed by atoms with Gasteiger partial charge in [-0.2, -0.15) is 0 Å². The van der Waals surface area contributed by atoms with Gasteiger partial charge in [0.2, 0.25) is 0 Å². The summed E-state index contributed by atoms with van der Waals surface area (Å²) in [6.07, 6.45) is 0. The molecule has 0 heterocycles. The molecule has 5 nitrogen and oxygen atoms in total. The summed E-state index contributed by atoms with van der Waals surface area (Å²) in [7, 11) is 3.31. The van der Waals surface area contributed by atoms with Crippen LogP contribution >= 0.6 is 0 Å². The second kappa shape index (κ2) is 11.1. The van der Waals surface area contributed by atoms with E-state index in [1.165, 1.54) is 6.07 Å². The van der Waals surface area contributed by atoms with Crippen LogP contribution in [0.5, 0.6) is 0 Å². The maximum absolute atomic E-state index is 13.7. The minimum absolute atomic E-state index is 0.240. The molecular formula is C19H33FN4O. The van der Waals surface area contributed by atoms with Crippen molar-refractivity contribution in [3.05, 3.63) is 35.1 Å². The van der Waals surface area contributed by atoms with Crippen LogP contribution < -0.4 is 10.6 Å². The number of nitrogens with one attached hydrogen (secondary N) is 2. The van der Waals surface area contributed by atoms with E-state index < -0.39 is 0 Å². The van der Waals surface area contributed by atoms with E-state index in [9.17, 15) is 4.39 Å². The lowest BCUT2D eigenvalue weighted by Gasteiger charge is -2.30. The number of hydrogen-bond acceptors (Lipinski definition) is 3. The Morgan fingerprint density at radius 2 is 1.88 bits per heavy atom. The first-order valence-corrected chi connectivity index (χ1v) is 8.85. The highest BCUT2D eigenvalue weighted by Gasteiger charge is 2.12. The van der Waals surface area contributed by atoms with Gasteiger partial charge in [0, 0.05) is 51.4 Å². The first kappa shape index (κ1) is 21.4. The van der Waals surface area contributed by atoms with Crippen LogP contribution in [0, 0.1) is 5.82 Å². The fourth-order valence-corrected chi connectivity index (χ4v) is 2.83. The molecule has 0 aliphatic rings. The van der Waals surface area contributed by atoms with E-state index in [1.807, 2.05) is 6.07 Å². The van der Waals surface area contributed by atoms with Crippen molar-refractivity contribution in [2.45, 2.75) is 52.9 Å². The van der Waals surface area contributed by atoms with Crippen molar-refractivity contribution < 1.29 is 9.13 Å². The van der Waals surface area contributed by atoms with Gasteiger partial charge in [-0.15, -0.1) is 0 Å². The predicted molar refractivity (Wildman–Crippen MR) is 102 cm³/mol. The summed E-state index contributed by atoms with van der Waals surface area (Å²) < 4.78 is 18.7. The van der Waals surface area contributed by atoms with Crippen LogP contribution in [0.2, 0.25) is 0 Å². The summed E-state index contributed by atoms with van der Waals surface area (Å²) in [5.41, 5.74) is 1.55. The molecule has 0 atom stereocenters. The average Bonchev–Trinajstić information content (AvgIpc) is 2.56. The van der Waals surface area contributed by atoms with Crippen molar-refractivity contribution in [3.8, 4) is 0 Å². The van der Waals surface area contributed by atoms with Crippen molar-refractivity contribution in [1.29, 1.82) is 0 Å². The van der Waals surface area contributed by atoms with Gasteiger partial charge in [0.15, 0.2) is 5.96 Å². The Hall–Kier alpha value is -1.66. The van der Waals surface area contributed by atoms with Gasteiger partial charge in [0.25, 0.3) is 0 Å². The molecule has 0 aliphatic heterocycles. The molecule has 0 saturated heterocycles. The molecule has 0 saturated carbocycles. The molecule has 25 heavy (non-hydrogen) atoms. The zero-order chi connectivity index (χ0) is 18.8. The predicted octanol–water partition coefficient (Wildman–Crippen LogP) is 2.76. The number of guanidine groups is 1. The van der Waals surface area contributed by atoms with Crippen LogP contribution in [0.1, 0.15) is 38.8 Å². The first-order chi connectivity index (χ1) is 11.9. The Labute approximate surface area is 151 Å². The van der Waals surface area contributed by atoms with E-state index in [1.54, 1.807) is 20.2 Å². The van der Waals surface area contributed by atoms with Crippen LogP contribution in [0.4, 0.5) is 4.39 Å². The molecule has 1 aromatic rings. The van der Waals surface area contributed by atoms with E-state index in [4.69, 9.17) is 4.74 Å². The van der Waals surface area contributed by atoms with Gasteiger partial charge in [-0.3, -0.25) is 9.89 Å². The molecule has 0 fully saturated rings. The van der Waals surface area contributed by atoms with Crippen molar-refractivity contribution >= 4 is 5.96 Å². The Morgan fingerprint density at radius 3 is 2.44 bits per heavy atom. The minimum Gasteiger partial charge on any atom is -0.380 e. The van der Waals surface area contributed by atoms with Crippen LogP contribution in [-0.4, -0.2) is 50.2 Å². The van der Waals surface area contributed by atoms with Crippen LogP contribution in [-0.2, 0) is 17.9 Å². The molecule has 0 radical (unpaired) electrons. The van der Waals surface area contributed by atoms with Crippen molar-refractivity contribution in [3.63, 3.8) is 0 Å². The molecule has 0 aliphatic carbocycles. The highest BCUT2D eigenvalue weighted by molar-refractivity contribution is 5.79. The number of ether oxygens (including phenoxy) is 1. The average molecular weight is 352 g/mol. The molecule has 0 amide bonds. The molecule has 0 bridgehead atoms. The maximum atomic E-state index is 13.7. The smallest absolute Gasteiger partial charge is 0.191 e. The standard InChI is InChI=1S/C19H33FN4O/c1-14(2)24(15(3)4)10-9-22-19(21-5)23-12-16-7-8-18(20)17(11-16)13-25-6/h7-8,11,14-15H,9-10,12-13H2,1-6H3,(H2,21,22,23). The van der Waals surface area contributed by atoms with Crippen molar-refractivity contribution in [2.24, 2.45) is 4.99 Å². The summed E-state index contributed by atoms with van der Waals surface area (Å²) >= 11 is 0. The van der Waals surface area contributed by atoms with E-state index >= 15 is 0 Å². The summed E-state index contributed by atoms with van der Waals surface area (Å²) in [6, 6.07) is 6.09. The lowest BCUT2D eigenvalue weighted by molar-refractivity contribution is 0.178. The number of benzene rings is 1. The summed E-state index contributed by atoms with van der Waals surface area (Å²) in [5, 5.41) is 6.59. The third-order valence-electron chi connectivity index (χ3n) is 4.08. The summed E-state index contributed by atoms with van der Waals surface area (Å²) in [5.74, 6) is 0.501. The van der Waals surface area contributed by atoms with Crippen molar-refractivity contribution in [2.75, 3.05) is 27.2 Å². The van der Waals surface area contributed by atoms with Crippen LogP contribution in [0.15, 0.2) is 23.2 Å². The second-order valence-corrected chi connectivity index (χ2v) is 6.64. The zero-order valence-corrected chi connectivity index (χ0v) is 16.4. The minimum atomic E-state index is -0.240. The number of halogens is 1. The third-order valence-corrected chi connectivity index (χ3v) is 4.08. The molecule has 1 aromatic carbocycles. The number of nitrogens with zero attached hydrogens (tertiary/aromatic N) is 2. The first-order valence-electron chi connectivity index (χ1n) is 8.85. The quantitative estimate of drug-likeness (QED) is 0.530. The molecule has 1 rings (SSSR count). The van der Waals surface area contributed by atoms with Gasteiger partial charge < -0.3 is 15.4 Å². The maximum Gasteiger partial charge on any atom is 0.191 e. The second-order valence-electron chi connectivity index (χ2n) is 6.64. The van der Waals surface area contributed by atoms with Gasteiger partial charge in [-0.1, -0.05) is 6.07 Å². The van der Waals surface area contributed by atoms with Gasteiger partial charge in [0.1, 0.15) is 5.82 Å². The van der Waals surface area contributed by atoms with Crippen LogP contribution in [0.25, 0.3) is 0 Å². The fraction of sp³-hybridized carbons (Fsp3) is 0.632. The number of rotatable bonds is 9. The van der Waals surface area contributed by atoms with Gasteiger partial charge >= 0.3 is 0 Å². The highest BCUT2D eigenvalue weighted by Crippen LogP contribution is 2.11.